The predicted molar refractivity (Wildman–Crippen MR) is 117 cm³/mol. The number of carbonyl (C=O) groups excluding carboxylic acids is 1. The third-order valence-electron chi connectivity index (χ3n) is 4.36. The van der Waals surface area contributed by atoms with Gasteiger partial charge in [0.1, 0.15) is 26.4 Å². The Balaban J connectivity index is 1.78. The van der Waals surface area contributed by atoms with E-state index in [4.69, 9.17) is 16.6 Å². The van der Waals surface area contributed by atoms with E-state index in [9.17, 15) is 17.6 Å². The van der Waals surface area contributed by atoms with Crippen LogP contribution in [0.2, 0.25) is 0 Å². The lowest BCUT2D eigenvalue weighted by Gasteiger charge is -2.12. The highest BCUT2D eigenvalue weighted by molar-refractivity contribution is 8.26. The molecule has 0 spiro atoms. The standard InChI is InChI=1S/C19H14FN3O4S3/c1-23(2)30(25,26)16-4-3-10(6-14(16)20)13-9-21-8-11-5-12(27-17(11)13)7-15-18(24)22-19(28)29-15/h3-9H,1-2H3,(H,22,24,28)/b15-7-. The second kappa shape index (κ2) is 7.58. The molecule has 1 aromatic carbocycles. The fourth-order valence-corrected chi connectivity index (χ4v) is 4.85. The summed E-state index contributed by atoms with van der Waals surface area (Å²) < 4.78 is 46.3. The van der Waals surface area contributed by atoms with Crippen molar-refractivity contribution in [2.24, 2.45) is 0 Å². The number of hydrogen-bond acceptors (Lipinski definition) is 7. The Morgan fingerprint density at radius 1 is 1.27 bits per heavy atom. The second-order valence-corrected chi connectivity index (χ2v) is 10.4. The van der Waals surface area contributed by atoms with Crippen LogP contribution in [0.25, 0.3) is 28.2 Å². The Kier molecular flexibility index (Phi) is 5.22. The number of thiocarbonyl (C=S) groups is 1. The molecule has 7 nitrogen and oxygen atoms in total. The Labute approximate surface area is 181 Å². The summed E-state index contributed by atoms with van der Waals surface area (Å²) in [5.74, 6) is -0.767. The number of fused-ring (bicyclic) bond motifs is 1. The molecular formula is C19H14FN3O4S3. The summed E-state index contributed by atoms with van der Waals surface area (Å²) in [7, 11) is -1.24. The third-order valence-corrected chi connectivity index (χ3v) is 7.37. The van der Waals surface area contributed by atoms with E-state index in [-0.39, 0.29) is 5.91 Å². The van der Waals surface area contributed by atoms with Gasteiger partial charge in [0, 0.05) is 43.5 Å². The van der Waals surface area contributed by atoms with E-state index in [2.05, 4.69) is 10.3 Å². The van der Waals surface area contributed by atoms with Gasteiger partial charge in [0.05, 0.1) is 4.91 Å². The fourth-order valence-electron chi connectivity index (χ4n) is 2.88. The van der Waals surface area contributed by atoms with E-state index in [1.54, 1.807) is 18.3 Å². The van der Waals surface area contributed by atoms with E-state index in [1.165, 1.54) is 32.4 Å². The van der Waals surface area contributed by atoms with Crippen molar-refractivity contribution < 1.29 is 22.0 Å². The molecule has 2 aromatic heterocycles. The summed E-state index contributed by atoms with van der Waals surface area (Å²) in [6.07, 6.45) is 4.65. The Hall–Kier alpha value is -2.60. The van der Waals surface area contributed by atoms with E-state index in [0.29, 0.717) is 37.1 Å². The number of pyridine rings is 1. The molecule has 3 heterocycles. The van der Waals surface area contributed by atoms with Gasteiger partial charge in [-0.25, -0.2) is 17.1 Å². The van der Waals surface area contributed by atoms with Crippen LogP contribution < -0.4 is 5.32 Å². The molecule has 0 unspecified atom stereocenters. The lowest BCUT2D eigenvalue weighted by atomic mass is 10.1. The zero-order valence-corrected chi connectivity index (χ0v) is 18.1. The molecule has 0 bridgehead atoms. The van der Waals surface area contributed by atoms with Gasteiger partial charge in [0.2, 0.25) is 10.0 Å². The van der Waals surface area contributed by atoms with Crippen LogP contribution in [0.4, 0.5) is 4.39 Å². The van der Waals surface area contributed by atoms with Gasteiger partial charge < -0.3 is 9.73 Å². The van der Waals surface area contributed by atoms with Crippen LogP contribution in [0, 0.1) is 5.82 Å². The number of nitrogens with one attached hydrogen (secondary N) is 1. The number of carbonyl (C=O) groups is 1. The molecule has 3 aromatic rings. The minimum absolute atomic E-state index is 0.302. The maximum Gasteiger partial charge on any atom is 0.263 e. The molecule has 1 amide bonds. The van der Waals surface area contributed by atoms with E-state index >= 15 is 0 Å². The predicted octanol–water partition coefficient (Wildman–Crippen LogP) is 3.37. The van der Waals surface area contributed by atoms with Crippen molar-refractivity contribution in [3.63, 3.8) is 0 Å². The minimum atomic E-state index is -3.91. The summed E-state index contributed by atoms with van der Waals surface area (Å²) in [5.41, 5.74) is 1.33. The molecule has 4 rings (SSSR count). The number of halogens is 1. The van der Waals surface area contributed by atoms with E-state index < -0.39 is 20.7 Å². The summed E-state index contributed by atoms with van der Waals surface area (Å²) in [6, 6.07) is 5.54. The Morgan fingerprint density at radius 2 is 2.03 bits per heavy atom. The smallest absolute Gasteiger partial charge is 0.263 e. The molecule has 11 heteroatoms. The molecule has 0 saturated carbocycles. The van der Waals surface area contributed by atoms with Crippen molar-refractivity contribution >= 4 is 61.3 Å². The molecule has 1 aliphatic heterocycles. The first kappa shape index (κ1) is 20.7. The number of nitrogens with zero attached hydrogens (tertiary/aromatic N) is 2. The third kappa shape index (κ3) is 3.65. The molecule has 1 fully saturated rings. The lowest BCUT2D eigenvalue weighted by Crippen LogP contribution is -2.23. The number of benzene rings is 1. The van der Waals surface area contributed by atoms with Gasteiger partial charge in [0.15, 0.2) is 0 Å². The van der Waals surface area contributed by atoms with Crippen LogP contribution >= 0.6 is 24.0 Å². The van der Waals surface area contributed by atoms with Gasteiger partial charge in [-0.15, -0.1) is 0 Å². The van der Waals surface area contributed by atoms with Crippen molar-refractivity contribution in [3.05, 3.63) is 53.1 Å². The number of hydrogen-bond donors (Lipinski definition) is 1. The van der Waals surface area contributed by atoms with Crippen molar-refractivity contribution in [3.8, 4) is 11.1 Å². The molecule has 0 atom stereocenters. The number of sulfonamides is 1. The monoisotopic (exact) mass is 463 g/mol. The average Bonchev–Trinajstić information content (AvgIpc) is 3.23. The topological polar surface area (TPSA) is 92.5 Å². The molecular weight excluding hydrogens is 449 g/mol. The largest absolute Gasteiger partial charge is 0.456 e. The van der Waals surface area contributed by atoms with E-state index in [0.717, 1.165) is 22.1 Å². The van der Waals surface area contributed by atoms with Crippen LogP contribution in [-0.4, -0.2) is 42.0 Å². The zero-order chi connectivity index (χ0) is 21.6. The normalized spacial score (nSPS) is 16.1. The Morgan fingerprint density at radius 3 is 2.67 bits per heavy atom. The molecule has 154 valence electrons. The average molecular weight is 464 g/mol. The Bertz CT molecular complexity index is 1350. The van der Waals surface area contributed by atoms with Gasteiger partial charge in [-0.2, -0.15) is 0 Å². The second-order valence-electron chi connectivity index (χ2n) is 6.54. The fraction of sp³-hybridized carbons (Fsp3) is 0.105. The van der Waals surface area contributed by atoms with Crippen molar-refractivity contribution in [1.29, 1.82) is 0 Å². The zero-order valence-electron chi connectivity index (χ0n) is 15.7. The first-order chi connectivity index (χ1) is 14.2. The SMILES string of the molecule is CN(C)S(=O)(=O)c1ccc(-c2cncc3cc(/C=C4\SC(=S)NC4=O)oc23)cc1F. The highest BCUT2D eigenvalue weighted by atomic mass is 32.2. The molecule has 0 aliphatic carbocycles. The summed E-state index contributed by atoms with van der Waals surface area (Å²) in [6.45, 7) is 0. The number of amides is 1. The van der Waals surface area contributed by atoms with Crippen LogP contribution in [0.3, 0.4) is 0 Å². The van der Waals surface area contributed by atoms with Gasteiger partial charge >= 0.3 is 0 Å². The minimum Gasteiger partial charge on any atom is -0.456 e. The number of furan rings is 1. The van der Waals surface area contributed by atoms with Crippen molar-refractivity contribution in [1.82, 2.24) is 14.6 Å². The summed E-state index contributed by atoms with van der Waals surface area (Å²) in [5, 5.41) is 3.18. The molecule has 30 heavy (non-hydrogen) atoms. The molecule has 1 aliphatic rings. The van der Waals surface area contributed by atoms with Crippen LogP contribution in [0.5, 0.6) is 0 Å². The maximum atomic E-state index is 14.6. The number of rotatable bonds is 4. The van der Waals surface area contributed by atoms with Gasteiger partial charge in [0.25, 0.3) is 5.91 Å². The lowest BCUT2D eigenvalue weighted by molar-refractivity contribution is -0.115. The van der Waals surface area contributed by atoms with Crippen molar-refractivity contribution in [2.75, 3.05) is 14.1 Å². The quantitative estimate of drug-likeness (QED) is 0.468. The van der Waals surface area contributed by atoms with Crippen LogP contribution in [0.15, 0.2) is 50.9 Å². The van der Waals surface area contributed by atoms with Crippen LogP contribution in [0.1, 0.15) is 5.76 Å². The first-order valence-electron chi connectivity index (χ1n) is 8.51. The van der Waals surface area contributed by atoms with Gasteiger partial charge in [-0.3, -0.25) is 9.78 Å². The number of thioether (sulfide) groups is 1. The number of aromatic nitrogens is 1. The van der Waals surface area contributed by atoms with E-state index in [1.807, 2.05) is 0 Å². The highest BCUT2D eigenvalue weighted by Gasteiger charge is 2.24. The summed E-state index contributed by atoms with van der Waals surface area (Å²) in [4.78, 5) is 16.0. The van der Waals surface area contributed by atoms with Crippen LogP contribution in [-0.2, 0) is 14.8 Å². The van der Waals surface area contributed by atoms with Crippen molar-refractivity contribution in [2.45, 2.75) is 4.90 Å². The molecule has 1 saturated heterocycles. The molecule has 1 N–H and O–H groups in total. The summed E-state index contributed by atoms with van der Waals surface area (Å²) >= 11 is 6.10. The molecule has 0 radical (unpaired) electrons. The first-order valence-corrected chi connectivity index (χ1v) is 11.2. The maximum absolute atomic E-state index is 14.6. The van der Waals surface area contributed by atoms with Gasteiger partial charge in [-0.1, -0.05) is 30.0 Å². The highest BCUT2D eigenvalue weighted by Crippen LogP contribution is 2.34. The van der Waals surface area contributed by atoms with Gasteiger partial charge in [-0.05, 0) is 23.8 Å².